The van der Waals surface area contributed by atoms with Crippen molar-refractivity contribution in [3.05, 3.63) is 21.9 Å². The molecule has 0 saturated heterocycles. The van der Waals surface area contributed by atoms with Gasteiger partial charge >= 0.3 is 0 Å². The van der Waals surface area contributed by atoms with E-state index in [1.165, 1.54) is 14.2 Å². The Balaban J connectivity index is 3.04. The van der Waals surface area contributed by atoms with Crippen LogP contribution in [0.1, 0.15) is 18.4 Å². The molecule has 0 bridgehead atoms. The number of aryl methyl sites for hydroxylation is 1. The lowest BCUT2D eigenvalue weighted by atomic mass is 10.1. The van der Waals surface area contributed by atoms with Crippen LogP contribution < -0.4 is 15.2 Å². The van der Waals surface area contributed by atoms with Gasteiger partial charge in [-0.25, -0.2) is 0 Å². The van der Waals surface area contributed by atoms with Crippen LogP contribution in [0.4, 0.5) is 4.39 Å². The van der Waals surface area contributed by atoms with Crippen LogP contribution >= 0.6 is 15.9 Å². The van der Waals surface area contributed by atoms with Crippen LogP contribution in [0.5, 0.6) is 11.5 Å². The molecule has 0 fully saturated rings. The molecular weight excluding hydrogens is 289 g/mol. The molecule has 0 heterocycles. The number of hydrogen-bond acceptors (Lipinski definition) is 3. The van der Waals surface area contributed by atoms with Crippen LogP contribution in [0.25, 0.3) is 0 Å². The Labute approximate surface area is 109 Å². The average molecular weight is 306 g/mol. The van der Waals surface area contributed by atoms with E-state index >= 15 is 0 Å². The first kappa shape index (κ1) is 14.3. The van der Waals surface area contributed by atoms with E-state index in [2.05, 4.69) is 15.9 Å². The van der Waals surface area contributed by atoms with Crippen molar-refractivity contribution in [2.45, 2.75) is 19.3 Å². The number of ether oxygens (including phenoxy) is 2. The zero-order chi connectivity index (χ0) is 12.8. The molecule has 2 N–H and O–H groups in total. The highest BCUT2D eigenvalue weighted by Crippen LogP contribution is 2.37. The van der Waals surface area contributed by atoms with Gasteiger partial charge in [-0.3, -0.25) is 0 Å². The number of nitrogens with two attached hydrogens (primary N) is 1. The second kappa shape index (κ2) is 6.81. The SMILES string of the molecule is COc1c(Br)cc(CCCCN)c(OC)c1F. The Bertz CT molecular complexity index is 385. The van der Waals surface area contributed by atoms with Crippen molar-refractivity contribution in [2.75, 3.05) is 20.8 Å². The summed E-state index contributed by atoms with van der Waals surface area (Å²) >= 11 is 3.29. The maximum Gasteiger partial charge on any atom is 0.208 e. The topological polar surface area (TPSA) is 44.5 Å². The molecule has 0 unspecified atom stereocenters. The summed E-state index contributed by atoms with van der Waals surface area (Å²) in [5.74, 6) is -0.0429. The fourth-order valence-electron chi connectivity index (χ4n) is 1.69. The van der Waals surface area contributed by atoms with Gasteiger partial charge < -0.3 is 15.2 Å². The number of hydrogen-bond donors (Lipinski definition) is 1. The summed E-state index contributed by atoms with van der Waals surface area (Å²) in [6, 6.07) is 1.83. The molecule has 0 amide bonds. The fourth-order valence-corrected chi connectivity index (χ4v) is 2.30. The summed E-state index contributed by atoms with van der Waals surface area (Å²) in [5, 5.41) is 0. The molecule has 0 radical (unpaired) electrons. The first-order chi connectivity index (χ1) is 8.15. The normalized spacial score (nSPS) is 10.4. The van der Waals surface area contributed by atoms with Crippen molar-refractivity contribution in [2.24, 2.45) is 5.73 Å². The Hall–Kier alpha value is -0.810. The maximum atomic E-state index is 14.0. The van der Waals surface area contributed by atoms with Crippen LogP contribution in [-0.2, 0) is 6.42 Å². The number of methoxy groups -OCH3 is 2. The summed E-state index contributed by atoms with van der Waals surface area (Å²) in [6.07, 6.45) is 2.55. The van der Waals surface area contributed by atoms with Gasteiger partial charge in [0, 0.05) is 0 Å². The Morgan fingerprint density at radius 3 is 2.41 bits per heavy atom. The largest absolute Gasteiger partial charge is 0.493 e. The maximum absolute atomic E-state index is 14.0. The van der Waals surface area contributed by atoms with Crippen LogP contribution in [0.2, 0.25) is 0 Å². The minimum atomic E-state index is -0.466. The summed E-state index contributed by atoms with van der Waals surface area (Å²) in [7, 11) is 2.88. The molecule has 1 rings (SSSR count). The molecule has 0 atom stereocenters. The van der Waals surface area contributed by atoms with Crippen molar-refractivity contribution < 1.29 is 13.9 Å². The zero-order valence-corrected chi connectivity index (χ0v) is 11.6. The third kappa shape index (κ3) is 3.33. The first-order valence-electron chi connectivity index (χ1n) is 5.44. The van der Waals surface area contributed by atoms with Gasteiger partial charge in [0.2, 0.25) is 5.82 Å². The second-order valence-electron chi connectivity index (χ2n) is 3.64. The standard InChI is InChI=1S/C12H17BrFNO2/c1-16-11-8(5-3-4-6-15)7-9(13)12(17-2)10(11)14/h7H,3-6,15H2,1-2H3. The highest BCUT2D eigenvalue weighted by atomic mass is 79.9. The van der Waals surface area contributed by atoms with Crippen LogP contribution in [0.3, 0.4) is 0 Å². The zero-order valence-electron chi connectivity index (χ0n) is 10.1. The Kier molecular flexibility index (Phi) is 5.71. The minimum Gasteiger partial charge on any atom is -0.493 e. The fraction of sp³-hybridized carbons (Fsp3) is 0.500. The second-order valence-corrected chi connectivity index (χ2v) is 4.50. The predicted molar refractivity (Wildman–Crippen MR) is 69.2 cm³/mol. The van der Waals surface area contributed by atoms with Crippen LogP contribution in [0.15, 0.2) is 10.5 Å². The van der Waals surface area contributed by atoms with Crippen LogP contribution in [0, 0.1) is 5.82 Å². The lowest BCUT2D eigenvalue weighted by molar-refractivity contribution is 0.345. The van der Waals surface area contributed by atoms with E-state index in [0.717, 1.165) is 24.8 Å². The van der Waals surface area contributed by atoms with Crippen molar-refractivity contribution in [3.63, 3.8) is 0 Å². The quantitative estimate of drug-likeness (QED) is 0.822. The summed E-state index contributed by atoms with van der Waals surface area (Å²) in [5.41, 5.74) is 6.26. The third-order valence-electron chi connectivity index (χ3n) is 2.52. The van der Waals surface area contributed by atoms with E-state index in [-0.39, 0.29) is 11.5 Å². The molecule has 0 aromatic heterocycles. The van der Waals surface area contributed by atoms with Gasteiger partial charge in [0.05, 0.1) is 18.7 Å². The highest BCUT2D eigenvalue weighted by Gasteiger charge is 2.18. The Morgan fingerprint density at radius 1 is 1.24 bits per heavy atom. The number of benzene rings is 1. The molecule has 0 spiro atoms. The first-order valence-corrected chi connectivity index (χ1v) is 6.23. The molecule has 5 heteroatoms. The smallest absolute Gasteiger partial charge is 0.208 e. The predicted octanol–water partition coefficient (Wildman–Crippen LogP) is 2.89. The van der Waals surface area contributed by atoms with E-state index in [1.54, 1.807) is 0 Å². The molecule has 1 aromatic rings. The van der Waals surface area contributed by atoms with Crippen LogP contribution in [-0.4, -0.2) is 20.8 Å². The molecule has 0 saturated carbocycles. The number of halogens is 2. The van der Waals surface area contributed by atoms with E-state index < -0.39 is 5.82 Å². The summed E-state index contributed by atoms with van der Waals surface area (Å²) in [6.45, 7) is 0.641. The lowest BCUT2D eigenvalue weighted by Crippen LogP contribution is -2.02. The van der Waals surface area contributed by atoms with E-state index in [4.69, 9.17) is 15.2 Å². The molecular formula is C12H17BrFNO2. The van der Waals surface area contributed by atoms with Gasteiger partial charge in [-0.05, 0) is 53.4 Å². The van der Waals surface area contributed by atoms with E-state index in [9.17, 15) is 4.39 Å². The molecule has 96 valence electrons. The van der Waals surface area contributed by atoms with Gasteiger partial charge in [-0.2, -0.15) is 4.39 Å². The van der Waals surface area contributed by atoms with Gasteiger partial charge in [-0.1, -0.05) is 0 Å². The number of unbranched alkanes of at least 4 members (excludes halogenated alkanes) is 1. The van der Waals surface area contributed by atoms with Gasteiger partial charge in [0.15, 0.2) is 11.5 Å². The number of rotatable bonds is 6. The third-order valence-corrected chi connectivity index (χ3v) is 3.11. The lowest BCUT2D eigenvalue weighted by Gasteiger charge is -2.13. The molecule has 17 heavy (non-hydrogen) atoms. The molecule has 3 nitrogen and oxygen atoms in total. The highest BCUT2D eigenvalue weighted by molar-refractivity contribution is 9.10. The van der Waals surface area contributed by atoms with Gasteiger partial charge in [0.1, 0.15) is 0 Å². The summed E-state index contributed by atoms with van der Waals surface area (Å²) < 4.78 is 24.7. The van der Waals surface area contributed by atoms with Crippen molar-refractivity contribution >= 4 is 15.9 Å². The van der Waals surface area contributed by atoms with Gasteiger partial charge in [0.25, 0.3) is 0 Å². The molecule has 0 aliphatic heterocycles. The van der Waals surface area contributed by atoms with E-state index in [1.807, 2.05) is 6.07 Å². The van der Waals surface area contributed by atoms with Crippen molar-refractivity contribution in [3.8, 4) is 11.5 Å². The van der Waals surface area contributed by atoms with Crippen molar-refractivity contribution in [1.29, 1.82) is 0 Å². The Morgan fingerprint density at radius 2 is 1.88 bits per heavy atom. The monoisotopic (exact) mass is 305 g/mol. The van der Waals surface area contributed by atoms with E-state index in [0.29, 0.717) is 11.0 Å². The van der Waals surface area contributed by atoms with Crippen molar-refractivity contribution in [1.82, 2.24) is 0 Å². The molecule has 1 aromatic carbocycles. The molecule has 0 aliphatic carbocycles. The minimum absolute atomic E-state index is 0.171. The molecule has 0 aliphatic rings. The van der Waals surface area contributed by atoms with Gasteiger partial charge in [-0.15, -0.1) is 0 Å². The average Bonchev–Trinajstić information content (AvgIpc) is 2.30. The summed E-state index contributed by atoms with van der Waals surface area (Å²) in [4.78, 5) is 0.